The summed E-state index contributed by atoms with van der Waals surface area (Å²) in [6, 6.07) is 4.77. The van der Waals surface area contributed by atoms with Crippen LogP contribution < -0.4 is 16.0 Å². The van der Waals surface area contributed by atoms with E-state index >= 15 is 0 Å². The average molecular weight is 591 g/mol. The number of nitrogens with zero attached hydrogens (tertiary/aromatic N) is 2. The molecule has 0 spiro atoms. The molecule has 40 heavy (non-hydrogen) atoms. The van der Waals surface area contributed by atoms with Gasteiger partial charge in [0.2, 0.25) is 11.8 Å². The number of carbonyl (C=O) groups is 3. The van der Waals surface area contributed by atoms with Crippen LogP contribution in [0.1, 0.15) is 62.7 Å². The van der Waals surface area contributed by atoms with Crippen LogP contribution in [0.3, 0.4) is 0 Å². The lowest BCUT2D eigenvalue weighted by molar-refractivity contribution is -0.142. The molecule has 0 aromatic heterocycles. The molecule has 2 unspecified atom stereocenters. The predicted octanol–water partition coefficient (Wildman–Crippen LogP) is 3.09. The van der Waals surface area contributed by atoms with Crippen molar-refractivity contribution in [3.05, 3.63) is 33.8 Å². The summed E-state index contributed by atoms with van der Waals surface area (Å²) in [5, 5.41) is 29.5. The molecule has 4 N–H and O–H groups in total. The summed E-state index contributed by atoms with van der Waals surface area (Å²) in [7, 11) is 0. The van der Waals surface area contributed by atoms with Crippen molar-refractivity contribution in [2.75, 3.05) is 13.1 Å². The molecule has 3 saturated heterocycles. The maximum absolute atomic E-state index is 14.0. The van der Waals surface area contributed by atoms with Crippen molar-refractivity contribution in [1.82, 2.24) is 20.9 Å². The Labute approximate surface area is 244 Å². The number of rotatable bonds is 2. The highest BCUT2D eigenvalue weighted by molar-refractivity contribution is 6.43. The number of aliphatic hydroxyl groups is 1. The number of aliphatic hydroxyl groups excluding tert-OH is 1. The summed E-state index contributed by atoms with van der Waals surface area (Å²) >= 11 is 12.4. The third kappa shape index (κ3) is 5.56. The summed E-state index contributed by atoms with van der Waals surface area (Å²) in [6.07, 6.45) is 3.12. The highest BCUT2D eigenvalue weighted by Crippen LogP contribution is 2.65. The zero-order valence-corrected chi connectivity index (χ0v) is 24.3. The standard InChI is InChI=1S/C29H37Cl2N5O4/c1-29(2)19-14-36-25(23(19)29)27(39)34-17(12-32)10-16-11-22(37)33-13-15(16)6-3-4-9-21(28(36)40)35-26(38)18-7-5-8-20(30)24(18)31/h5,7-8,15-17,19,21-23,25,33,37H,3-4,6,9-11,13-14H2,1-2H3,(H,34,39)(H,35,38)/t15-,16+,17-,19-,21?,22?,23-,25-/m0/s1. The van der Waals surface area contributed by atoms with Crippen LogP contribution in [0.25, 0.3) is 0 Å². The molecule has 0 radical (unpaired) electrons. The van der Waals surface area contributed by atoms with E-state index in [4.69, 9.17) is 23.2 Å². The van der Waals surface area contributed by atoms with Gasteiger partial charge in [-0.3, -0.25) is 19.7 Å². The number of halogens is 2. The van der Waals surface area contributed by atoms with Crippen molar-refractivity contribution < 1.29 is 19.5 Å². The van der Waals surface area contributed by atoms with Gasteiger partial charge in [0.25, 0.3) is 5.91 Å². The molecule has 11 heteroatoms. The minimum atomic E-state index is -0.838. The number of hydrogen-bond donors (Lipinski definition) is 4. The smallest absolute Gasteiger partial charge is 0.253 e. The van der Waals surface area contributed by atoms with E-state index in [1.165, 1.54) is 0 Å². The van der Waals surface area contributed by atoms with E-state index in [1.807, 2.05) is 0 Å². The molecule has 1 saturated carbocycles. The summed E-state index contributed by atoms with van der Waals surface area (Å²) in [5.74, 6) is -0.654. The molecule has 216 valence electrons. The highest BCUT2D eigenvalue weighted by atomic mass is 35.5. The van der Waals surface area contributed by atoms with E-state index in [0.29, 0.717) is 38.8 Å². The van der Waals surface area contributed by atoms with E-state index in [1.54, 1.807) is 23.1 Å². The second-order valence-corrected chi connectivity index (χ2v) is 13.2. The fraction of sp³-hybridized carbons (Fsp3) is 0.655. The Morgan fingerprint density at radius 2 is 1.93 bits per heavy atom. The number of nitriles is 1. The second-order valence-electron chi connectivity index (χ2n) is 12.4. The Hall–Kier alpha value is -2.38. The lowest BCUT2D eigenvalue weighted by atomic mass is 9.78. The molecular formula is C29H37Cl2N5O4. The predicted molar refractivity (Wildman–Crippen MR) is 150 cm³/mol. The van der Waals surface area contributed by atoms with Crippen molar-refractivity contribution in [2.45, 2.75) is 76.7 Å². The first-order valence-corrected chi connectivity index (χ1v) is 14.9. The molecule has 3 amide bonds. The Kier molecular flexibility index (Phi) is 8.36. The zero-order valence-electron chi connectivity index (χ0n) is 22.8. The average Bonchev–Trinajstić information content (AvgIpc) is 3.23. The normalized spacial score (nSPS) is 35.8. The van der Waals surface area contributed by atoms with Gasteiger partial charge in [-0.2, -0.15) is 5.26 Å². The Morgan fingerprint density at radius 1 is 1.18 bits per heavy atom. The van der Waals surface area contributed by atoms with Crippen LogP contribution in [0.5, 0.6) is 0 Å². The molecule has 8 atom stereocenters. The van der Waals surface area contributed by atoms with Gasteiger partial charge in [0.15, 0.2) is 0 Å². The quantitative estimate of drug-likeness (QED) is 0.418. The van der Waals surface area contributed by atoms with E-state index < -0.39 is 30.3 Å². The van der Waals surface area contributed by atoms with Gasteiger partial charge in [0.05, 0.1) is 21.7 Å². The van der Waals surface area contributed by atoms with Crippen LogP contribution in [-0.2, 0) is 9.59 Å². The fourth-order valence-corrected chi connectivity index (χ4v) is 7.67. The number of benzene rings is 1. The van der Waals surface area contributed by atoms with Gasteiger partial charge in [-0.15, -0.1) is 0 Å². The molecule has 1 aliphatic carbocycles. The summed E-state index contributed by atoms with van der Waals surface area (Å²) in [6.45, 7) is 5.26. The molecule has 0 bridgehead atoms. The largest absolute Gasteiger partial charge is 0.379 e. The number of fused-ring (bicyclic) bond motifs is 4. The minimum absolute atomic E-state index is 0.0177. The molecule has 4 fully saturated rings. The topological polar surface area (TPSA) is 135 Å². The number of amides is 3. The van der Waals surface area contributed by atoms with E-state index in [9.17, 15) is 24.8 Å². The Morgan fingerprint density at radius 3 is 2.67 bits per heavy atom. The fourth-order valence-electron chi connectivity index (χ4n) is 7.29. The number of nitrogens with one attached hydrogen (secondary N) is 3. The van der Waals surface area contributed by atoms with Gasteiger partial charge in [0, 0.05) is 13.1 Å². The first kappa shape index (κ1) is 29.1. The number of piperidine rings is 2. The van der Waals surface area contributed by atoms with E-state index in [2.05, 4.69) is 35.9 Å². The molecule has 4 aliphatic rings. The molecule has 3 heterocycles. The highest BCUT2D eigenvalue weighted by Gasteiger charge is 2.69. The maximum atomic E-state index is 14.0. The second kappa shape index (κ2) is 11.5. The molecule has 9 nitrogen and oxygen atoms in total. The first-order valence-electron chi connectivity index (χ1n) is 14.2. The van der Waals surface area contributed by atoms with Crippen molar-refractivity contribution >= 4 is 40.9 Å². The number of carbonyl (C=O) groups excluding carboxylic acids is 3. The van der Waals surface area contributed by atoms with Crippen molar-refractivity contribution in [2.24, 2.45) is 29.1 Å². The van der Waals surface area contributed by atoms with Gasteiger partial charge in [-0.25, -0.2) is 0 Å². The van der Waals surface area contributed by atoms with E-state index in [0.717, 1.165) is 12.8 Å². The van der Waals surface area contributed by atoms with Crippen LogP contribution in [-0.4, -0.2) is 65.2 Å². The van der Waals surface area contributed by atoms with Crippen LogP contribution in [0.4, 0.5) is 0 Å². The molecule has 1 aromatic rings. The van der Waals surface area contributed by atoms with E-state index in [-0.39, 0.29) is 56.5 Å². The van der Waals surface area contributed by atoms with Gasteiger partial charge >= 0.3 is 0 Å². The van der Waals surface area contributed by atoms with Crippen LogP contribution in [0.2, 0.25) is 10.0 Å². The van der Waals surface area contributed by atoms with Crippen LogP contribution in [0, 0.1) is 40.4 Å². The summed E-state index contributed by atoms with van der Waals surface area (Å²) in [4.78, 5) is 42.6. The van der Waals surface area contributed by atoms with Crippen molar-refractivity contribution in [3.8, 4) is 6.07 Å². The van der Waals surface area contributed by atoms with Gasteiger partial charge in [-0.05, 0) is 66.9 Å². The maximum Gasteiger partial charge on any atom is 0.253 e. The Bertz CT molecular complexity index is 1220. The zero-order chi connectivity index (χ0) is 28.8. The third-order valence-corrected chi connectivity index (χ3v) is 10.5. The lowest BCUT2D eigenvalue weighted by Gasteiger charge is -2.37. The molecule has 1 aromatic carbocycles. The first-order chi connectivity index (χ1) is 19.0. The number of hydrogen-bond acceptors (Lipinski definition) is 6. The summed E-state index contributed by atoms with van der Waals surface area (Å²) < 4.78 is 0. The Balaban J connectivity index is 1.43. The van der Waals surface area contributed by atoms with Crippen molar-refractivity contribution in [3.63, 3.8) is 0 Å². The SMILES string of the molecule is CC1(C)[C@@H]2[C@H]3C(=O)N[C@H](C#N)C[C@@H]4CC(O)NC[C@@H]4CCCCC(NC(=O)c4cccc(Cl)c4Cl)C(=O)N3C[C@@H]21. The van der Waals surface area contributed by atoms with Crippen LogP contribution in [0.15, 0.2) is 18.2 Å². The van der Waals surface area contributed by atoms with Crippen molar-refractivity contribution in [1.29, 1.82) is 5.26 Å². The summed E-state index contributed by atoms with van der Waals surface area (Å²) in [5.41, 5.74) is 0.0940. The molecule has 3 aliphatic heterocycles. The lowest BCUT2D eigenvalue weighted by Crippen LogP contribution is -2.57. The van der Waals surface area contributed by atoms with Gasteiger partial charge in [0.1, 0.15) is 24.4 Å². The molecular weight excluding hydrogens is 553 g/mol. The third-order valence-electron chi connectivity index (χ3n) is 9.70. The van der Waals surface area contributed by atoms with Gasteiger partial charge < -0.3 is 20.6 Å². The monoisotopic (exact) mass is 589 g/mol. The van der Waals surface area contributed by atoms with Crippen LogP contribution >= 0.6 is 23.2 Å². The minimum Gasteiger partial charge on any atom is -0.379 e. The van der Waals surface area contributed by atoms with Gasteiger partial charge in [-0.1, -0.05) is 56.0 Å². The molecule has 5 rings (SSSR count).